The van der Waals surface area contributed by atoms with Crippen molar-refractivity contribution in [2.75, 3.05) is 7.11 Å². The van der Waals surface area contributed by atoms with Gasteiger partial charge in [-0.25, -0.2) is 4.79 Å². The number of hydrogen-bond donors (Lipinski definition) is 2. The maximum Gasteiger partial charge on any atom is 0.416 e. The van der Waals surface area contributed by atoms with Crippen LogP contribution in [0.5, 0.6) is 11.5 Å². The van der Waals surface area contributed by atoms with Crippen molar-refractivity contribution in [1.29, 1.82) is 0 Å². The van der Waals surface area contributed by atoms with E-state index >= 15 is 0 Å². The maximum atomic E-state index is 13.0. The van der Waals surface area contributed by atoms with Gasteiger partial charge in [0.25, 0.3) is 5.56 Å². The Bertz CT molecular complexity index is 1560. The van der Waals surface area contributed by atoms with Gasteiger partial charge in [-0.3, -0.25) is 14.3 Å². The number of H-pyrrole nitrogens is 1. The van der Waals surface area contributed by atoms with Crippen LogP contribution in [0.25, 0.3) is 20.7 Å². The zero-order valence-corrected chi connectivity index (χ0v) is 21.9. The Morgan fingerprint density at radius 2 is 1.76 bits per heavy atom. The van der Waals surface area contributed by atoms with Crippen molar-refractivity contribution < 1.29 is 27.8 Å². The molecule has 7 nitrogen and oxygen atoms in total. The molecule has 4 rings (SSSR count). The molecule has 1 unspecified atom stereocenters. The Morgan fingerprint density at radius 1 is 1.08 bits per heavy atom. The first kappa shape index (κ1) is 27.5. The Kier molecular flexibility index (Phi) is 7.70. The molecule has 0 aliphatic heterocycles. The van der Waals surface area contributed by atoms with E-state index in [0.717, 1.165) is 21.5 Å². The largest absolute Gasteiger partial charge is 0.493 e. The van der Waals surface area contributed by atoms with Gasteiger partial charge in [-0.05, 0) is 47.7 Å². The summed E-state index contributed by atoms with van der Waals surface area (Å²) in [5, 5.41) is 9.66. The topological polar surface area (TPSA) is 93.6 Å². The first-order valence-electron chi connectivity index (χ1n) is 11.8. The number of aromatic nitrogens is 2. The van der Waals surface area contributed by atoms with Crippen LogP contribution >= 0.6 is 11.3 Å². The second kappa shape index (κ2) is 10.7. The molecule has 0 fully saturated rings. The number of aryl methyl sites for hydroxylation is 1. The van der Waals surface area contributed by atoms with Crippen molar-refractivity contribution in [1.82, 2.24) is 9.55 Å². The number of thiophene rings is 1. The number of hydrogen-bond acceptors (Lipinski definition) is 6. The molecule has 0 radical (unpaired) electrons. The summed E-state index contributed by atoms with van der Waals surface area (Å²) in [6, 6.07) is 15.0. The quantitative estimate of drug-likeness (QED) is 0.306. The lowest BCUT2D eigenvalue weighted by molar-refractivity contribution is -0.207. The molecule has 2 aromatic carbocycles. The Labute approximate surface area is 220 Å². The molecular formula is C27H27F3N2O5S. The molecule has 11 heteroatoms. The van der Waals surface area contributed by atoms with Gasteiger partial charge in [-0.15, -0.1) is 11.3 Å². The average Bonchev–Trinajstić information content (AvgIpc) is 3.22. The summed E-state index contributed by atoms with van der Waals surface area (Å²) in [4.78, 5) is 27.7. The number of alkyl halides is 3. The number of fused-ring (bicyclic) bond motifs is 1. The van der Waals surface area contributed by atoms with E-state index < -0.39 is 30.1 Å². The van der Waals surface area contributed by atoms with Crippen molar-refractivity contribution in [3.8, 4) is 21.9 Å². The fraction of sp³-hybridized carbons (Fsp3) is 0.333. The fourth-order valence-corrected chi connectivity index (χ4v) is 5.58. The first-order chi connectivity index (χ1) is 17.9. The molecule has 2 heterocycles. The smallest absolute Gasteiger partial charge is 0.416 e. The summed E-state index contributed by atoms with van der Waals surface area (Å²) in [7, 11) is 1.50. The number of methoxy groups -OCH3 is 1. The lowest BCUT2D eigenvalue weighted by Crippen LogP contribution is -2.38. The third-order valence-corrected chi connectivity index (χ3v) is 7.58. The molecule has 0 saturated heterocycles. The number of aliphatic hydroxyl groups is 1. The van der Waals surface area contributed by atoms with E-state index in [1.54, 1.807) is 25.1 Å². The summed E-state index contributed by atoms with van der Waals surface area (Å²) in [5.41, 5.74) is 0.384. The third-order valence-electron chi connectivity index (χ3n) is 6.21. The molecule has 0 bridgehead atoms. The van der Waals surface area contributed by atoms with Crippen LogP contribution in [0.4, 0.5) is 13.2 Å². The number of halogens is 3. The van der Waals surface area contributed by atoms with Crippen LogP contribution in [0.1, 0.15) is 31.1 Å². The van der Waals surface area contributed by atoms with E-state index in [1.165, 1.54) is 7.11 Å². The number of nitrogens with one attached hydrogen (secondary N) is 1. The third kappa shape index (κ3) is 5.34. The van der Waals surface area contributed by atoms with E-state index in [-0.39, 0.29) is 22.2 Å². The number of benzene rings is 2. The van der Waals surface area contributed by atoms with Gasteiger partial charge in [0.2, 0.25) is 0 Å². The predicted octanol–water partition coefficient (Wildman–Crippen LogP) is 5.43. The summed E-state index contributed by atoms with van der Waals surface area (Å²) >= 11 is 0.993. The second-order valence-corrected chi connectivity index (χ2v) is 10.2. The highest BCUT2D eigenvalue weighted by Gasteiger charge is 2.39. The van der Waals surface area contributed by atoms with Gasteiger partial charge >= 0.3 is 11.9 Å². The molecule has 2 N–H and O–H groups in total. The van der Waals surface area contributed by atoms with Crippen LogP contribution in [-0.2, 0) is 6.54 Å². The standard InChI is InChI=1S/C27H27F3N2O5S/c1-14(2)22(16-8-6-5-7-9-16)37-18-11-10-17(12-19(18)36-4)23-15(3)21-24(34)31-26(35)32(25(21)38-23)13-20(33)27(28,29)30/h5-12,14,20,22,33H,13H2,1-4H3,(H,31,34,35)/t20-,22?/m1/s1. The molecule has 0 aliphatic carbocycles. The zero-order valence-electron chi connectivity index (χ0n) is 21.1. The van der Waals surface area contributed by atoms with Crippen LogP contribution in [0.15, 0.2) is 58.1 Å². The van der Waals surface area contributed by atoms with Gasteiger partial charge in [0.1, 0.15) is 10.9 Å². The lowest BCUT2D eigenvalue weighted by Gasteiger charge is -2.24. The second-order valence-electron chi connectivity index (χ2n) is 9.22. The normalized spacial score (nSPS) is 13.6. The molecular weight excluding hydrogens is 521 g/mol. The summed E-state index contributed by atoms with van der Waals surface area (Å²) in [6.45, 7) is 4.71. The fourth-order valence-electron chi connectivity index (χ4n) is 4.27. The number of rotatable bonds is 8. The summed E-state index contributed by atoms with van der Waals surface area (Å²) in [6.07, 6.45) is -7.93. The molecule has 38 heavy (non-hydrogen) atoms. The van der Waals surface area contributed by atoms with Crippen molar-refractivity contribution in [2.24, 2.45) is 5.92 Å². The average molecular weight is 549 g/mol. The minimum Gasteiger partial charge on any atom is -0.493 e. The number of ether oxygens (including phenoxy) is 2. The number of aliphatic hydroxyl groups excluding tert-OH is 1. The van der Waals surface area contributed by atoms with E-state index in [4.69, 9.17) is 9.47 Å². The highest BCUT2D eigenvalue weighted by atomic mass is 32.1. The van der Waals surface area contributed by atoms with Crippen LogP contribution in [0.3, 0.4) is 0 Å². The van der Waals surface area contributed by atoms with Gasteiger partial charge in [0.05, 0.1) is 19.0 Å². The van der Waals surface area contributed by atoms with E-state index in [9.17, 15) is 27.9 Å². The molecule has 0 saturated carbocycles. The van der Waals surface area contributed by atoms with Crippen LogP contribution in [-0.4, -0.2) is 34.0 Å². The highest BCUT2D eigenvalue weighted by Crippen LogP contribution is 2.41. The van der Waals surface area contributed by atoms with Gasteiger partial charge in [0, 0.05) is 4.88 Å². The summed E-state index contributed by atoms with van der Waals surface area (Å²) in [5.74, 6) is 1.09. The van der Waals surface area contributed by atoms with Gasteiger partial charge < -0.3 is 14.6 Å². The zero-order chi connectivity index (χ0) is 27.8. The van der Waals surface area contributed by atoms with Gasteiger partial charge in [-0.2, -0.15) is 13.2 Å². The molecule has 0 aliphatic rings. The first-order valence-corrected chi connectivity index (χ1v) is 12.6. The monoisotopic (exact) mass is 548 g/mol. The predicted molar refractivity (Wildman–Crippen MR) is 140 cm³/mol. The molecule has 4 aromatic rings. The van der Waals surface area contributed by atoms with E-state index in [2.05, 4.69) is 4.98 Å². The minimum absolute atomic E-state index is 0.0396. The molecule has 202 valence electrons. The number of aromatic amines is 1. The Balaban J connectivity index is 1.78. The summed E-state index contributed by atoms with van der Waals surface area (Å²) < 4.78 is 51.7. The van der Waals surface area contributed by atoms with Crippen molar-refractivity contribution >= 4 is 21.6 Å². The van der Waals surface area contributed by atoms with Gasteiger partial charge in [-0.1, -0.05) is 44.2 Å². The van der Waals surface area contributed by atoms with Crippen molar-refractivity contribution in [2.45, 2.75) is 45.7 Å². The highest BCUT2D eigenvalue weighted by molar-refractivity contribution is 7.22. The Morgan fingerprint density at radius 3 is 2.37 bits per heavy atom. The van der Waals surface area contributed by atoms with Crippen LogP contribution < -0.4 is 20.7 Å². The van der Waals surface area contributed by atoms with Crippen LogP contribution in [0.2, 0.25) is 0 Å². The van der Waals surface area contributed by atoms with Crippen LogP contribution in [0, 0.1) is 12.8 Å². The SMILES string of the molecule is COc1cc(-c2sc3c(c2C)c(=O)[nH]c(=O)n3C[C@@H](O)C(F)(F)F)ccc1OC(c1ccccc1)C(C)C. The lowest BCUT2D eigenvalue weighted by atomic mass is 9.99. The van der Waals surface area contributed by atoms with E-state index in [0.29, 0.717) is 27.5 Å². The van der Waals surface area contributed by atoms with Crippen molar-refractivity contribution in [3.63, 3.8) is 0 Å². The molecule has 2 aromatic heterocycles. The molecule has 2 atom stereocenters. The van der Waals surface area contributed by atoms with E-state index in [1.807, 2.05) is 44.2 Å². The Hall–Kier alpha value is -3.57. The maximum absolute atomic E-state index is 13.0. The van der Waals surface area contributed by atoms with Crippen molar-refractivity contribution in [3.05, 3.63) is 80.5 Å². The van der Waals surface area contributed by atoms with Gasteiger partial charge in [0.15, 0.2) is 17.6 Å². The molecule has 0 spiro atoms. The number of nitrogens with zero attached hydrogens (tertiary/aromatic N) is 1. The molecule has 0 amide bonds. The minimum atomic E-state index is -4.92.